The first-order valence-corrected chi connectivity index (χ1v) is 12.8. The van der Waals surface area contributed by atoms with Gasteiger partial charge in [-0.2, -0.15) is 0 Å². The third-order valence-electron chi connectivity index (χ3n) is 8.17. The lowest BCUT2D eigenvalue weighted by atomic mass is 9.73. The SMILES string of the molecule is O=C(CCCCC1CCC2(CC1)OCc1ccccc12)[C@H]1CCCN1Cc1ccccc1. The van der Waals surface area contributed by atoms with Crippen LogP contribution in [0.2, 0.25) is 0 Å². The van der Waals surface area contributed by atoms with E-state index in [1.165, 1.54) is 42.4 Å². The van der Waals surface area contributed by atoms with Crippen molar-refractivity contribution in [2.75, 3.05) is 6.54 Å². The molecular weight excluding hydrogens is 394 g/mol. The van der Waals surface area contributed by atoms with Crippen LogP contribution < -0.4 is 0 Å². The Labute approximate surface area is 193 Å². The first kappa shape index (κ1) is 21.9. The van der Waals surface area contributed by atoms with Crippen LogP contribution in [-0.2, 0) is 28.3 Å². The van der Waals surface area contributed by atoms with E-state index in [4.69, 9.17) is 4.74 Å². The first-order chi connectivity index (χ1) is 15.7. The van der Waals surface area contributed by atoms with Crippen LogP contribution in [-0.4, -0.2) is 23.3 Å². The van der Waals surface area contributed by atoms with Crippen LogP contribution in [0.4, 0.5) is 0 Å². The van der Waals surface area contributed by atoms with Gasteiger partial charge in [-0.25, -0.2) is 0 Å². The summed E-state index contributed by atoms with van der Waals surface area (Å²) in [6, 6.07) is 19.5. The molecule has 1 aliphatic carbocycles. The van der Waals surface area contributed by atoms with E-state index >= 15 is 0 Å². The highest BCUT2D eigenvalue weighted by atomic mass is 16.5. The quantitative estimate of drug-likeness (QED) is 0.453. The maximum Gasteiger partial charge on any atom is 0.149 e. The molecule has 2 aromatic carbocycles. The van der Waals surface area contributed by atoms with E-state index in [9.17, 15) is 4.79 Å². The summed E-state index contributed by atoms with van der Waals surface area (Å²) in [5.74, 6) is 1.27. The lowest BCUT2D eigenvalue weighted by molar-refractivity contribution is -0.123. The zero-order valence-electron chi connectivity index (χ0n) is 19.3. The van der Waals surface area contributed by atoms with E-state index in [1.54, 1.807) is 0 Å². The summed E-state index contributed by atoms with van der Waals surface area (Å²) >= 11 is 0. The van der Waals surface area contributed by atoms with Crippen molar-refractivity contribution in [2.24, 2.45) is 5.92 Å². The molecule has 1 spiro atoms. The average Bonchev–Trinajstić information content (AvgIpc) is 3.44. The summed E-state index contributed by atoms with van der Waals surface area (Å²) < 4.78 is 6.32. The number of rotatable bonds is 8. The topological polar surface area (TPSA) is 29.5 Å². The second kappa shape index (κ2) is 9.89. The van der Waals surface area contributed by atoms with E-state index in [0.717, 1.165) is 64.1 Å². The van der Waals surface area contributed by atoms with Crippen molar-refractivity contribution in [3.63, 3.8) is 0 Å². The normalized spacial score (nSPS) is 27.6. The van der Waals surface area contributed by atoms with Crippen molar-refractivity contribution in [1.29, 1.82) is 0 Å². The minimum absolute atomic E-state index is 0.00621. The number of hydrogen-bond donors (Lipinski definition) is 0. The molecule has 2 fully saturated rings. The maximum atomic E-state index is 12.9. The number of carbonyl (C=O) groups is 1. The molecule has 3 nitrogen and oxygen atoms in total. The van der Waals surface area contributed by atoms with Gasteiger partial charge in [-0.1, -0.05) is 67.4 Å². The van der Waals surface area contributed by atoms with E-state index in [2.05, 4.69) is 59.5 Å². The van der Waals surface area contributed by atoms with Gasteiger partial charge in [-0.05, 0) is 74.1 Å². The molecule has 0 unspecified atom stereocenters. The third-order valence-corrected chi connectivity index (χ3v) is 8.17. The lowest BCUT2D eigenvalue weighted by Crippen LogP contribution is -2.35. The van der Waals surface area contributed by atoms with Crippen LogP contribution >= 0.6 is 0 Å². The average molecular weight is 432 g/mol. The minimum Gasteiger partial charge on any atom is -0.366 e. The van der Waals surface area contributed by atoms with Crippen LogP contribution in [0.25, 0.3) is 0 Å². The van der Waals surface area contributed by atoms with Gasteiger partial charge in [0, 0.05) is 13.0 Å². The molecular formula is C29H37NO2. The Bertz CT molecular complexity index is 900. The highest BCUT2D eigenvalue weighted by molar-refractivity contribution is 5.84. The van der Waals surface area contributed by atoms with Gasteiger partial charge >= 0.3 is 0 Å². The Morgan fingerprint density at radius 2 is 1.75 bits per heavy atom. The number of nitrogens with zero attached hydrogens (tertiary/aromatic N) is 1. The molecule has 0 aromatic heterocycles. The zero-order chi connectivity index (χ0) is 21.8. The van der Waals surface area contributed by atoms with Crippen molar-refractivity contribution in [1.82, 2.24) is 4.90 Å². The lowest BCUT2D eigenvalue weighted by Gasteiger charge is -2.37. The minimum atomic E-state index is -0.00621. The van der Waals surface area contributed by atoms with E-state index in [0.29, 0.717) is 5.78 Å². The van der Waals surface area contributed by atoms with Crippen LogP contribution in [0, 0.1) is 5.92 Å². The van der Waals surface area contributed by atoms with Crippen molar-refractivity contribution < 1.29 is 9.53 Å². The van der Waals surface area contributed by atoms with Gasteiger partial charge in [0.25, 0.3) is 0 Å². The number of carbonyl (C=O) groups excluding carboxylic acids is 1. The number of unbranched alkanes of at least 4 members (excludes halogenated alkanes) is 1. The molecule has 5 rings (SSSR count). The van der Waals surface area contributed by atoms with Gasteiger partial charge < -0.3 is 4.74 Å². The highest BCUT2D eigenvalue weighted by Crippen LogP contribution is 2.48. The first-order valence-electron chi connectivity index (χ1n) is 12.8. The summed E-state index contributed by atoms with van der Waals surface area (Å²) in [6.07, 6.45) is 11.3. The Morgan fingerprint density at radius 3 is 2.59 bits per heavy atom. The molecule has 170 valence electrons. The number of fused-ring (bicyclic) bond motifs is 2. The summed E-state index contributed by atoms with van der Waals surface area (Å²) in [7, 11) is 0. The van der Waals surface area contributed by atoms with Crippen LogP contribution in [0.3, 0.4) is 0 Å². The molecule has 0 radical (unpaired) electrons. The number of Topliss-reactive ketones (excluding diaryl/α,β-unsaturated/α-hetero) is 1. The summed E-state index contributed by atoms with van der Waals surface area (Å²) in [5.41, 5.74) is 4.14. The number of ketones is 1. The van der Waals surface area contributed by atoms with Gasteiger partial charge in [0.2, 0.25) is 0 Å². The number of ether oxygens (including phenoxy) is 1. The molecule has 1 atom stereocenters. The fourth-order valence-electron chi connectivity index (χ4n) is 6.33. The smallest absolute Gasteiger partial charge is 0.149 e. The summed E-state index contributed by atoms with van der Waals surface area (Å²) in [6.45, 7) is 2.75. The number of likely N-dealkylation sites (tertiary alicyclic amines) is 1. The van der Waals surface area contributed by atoms with Gasteiger partial charge in [0.15, 0.2) is 0 Å². The third kappa shape index (κ3) is 4.70. The predicted octanol–water partition coefficient (Wildman–Crippen LogP) is 6.40. The summed E-state index contributed by atoms with van der Waals surface area (Å²) in [5, 5.41) is 0. The van der Waals surface area contributed by atoms with Gasteiger partial charge in [0.1, 0.15) is 5.78 Å². The molecule has 2 aromatic rings. The molecule has 1 saturated heterocycles. The Hall–Kier alpha value is -1.97. The molecule has 1 saturated carbocycles. The van der Waals surface area contributed by atoms with Gasteiger partial charge in [-0.15, -0.1) is 0 Å². The molecule has 0 amide bonds. The van der Waals surface area contributed by atoms with E-state index < -0.39 is 0 Å². The second-order valence-electron chi connectivity index (χ2n) is 10.2. The van der Waals surface area contributed by atoms with Crippen molar-refractivity contribution >= 4 is 5.78 Å². The number of hydrogen-bond acceptors (Lipinski definition) is 3. The molecule has 3 heteroatoms. The highest BCUT2D eigenvalue weighted by Gasteiger charge is 2.42. The fourth-order valence-corrected chi connectivity index (χ4v) is 6.33. The monoisotopic (exact) mass is 431 g/mol. The molecule has 3 aliphatic rings. The molecule has 2 heterocycles. The predicted molar refractivity (Wildman–Crippen MR) is 128 cm³/mol. The summed E-state index contributed by atoms with van der Waals surface area (Å²) in [4.78, 5) is 15.3. The number of benzene rings is 2. The van der Waals surface area contributed by atoms with Crippen LogP contribution in [0.1, 0.15) is 80.9 Å². The van der Waals surface area contributed by atoms with Crippen LogP contribution in [0.5, 0.6) is 0 Å². The Morgan fingerprint density at radius 1 is 0.969 bits per heavy atom. The molecule has 32 heavy (non-hydrogen) atoms. The molecule has 2 aliphatic heterocycles. The molecule has 0 N–H and O–H groups in total. The fraction of sp³-hybridized carbons (Fsp3) is 0.552. The van der Waals surface area contributed by atoms with E-state index in [-0.39, 0.29) is 11.6 Å². The largest absolute Gasteiger partial charge is 0.366 e. The van der Waals surface area contributed by atoms with Crippen LogP contribution in [0.15, 0.2) is 54.6 Å². The zero-order valence-corrected chi connectivity index (χ0v) is 19.3. The maximum absolute atomic E-state index is 12.9. The van der Waals surface area contributed by atoms with Gasteiger partial charge in [-0.3, -0.25) is 9.69 Å². The molecule has 0 bridgehead atoms. The van der Waals surface area contributed by atoms with Crippen molar-refractivity contribution in [3.8, 4) is 0 Å². The Kier molecular flexibility index (Phi) is 6.75. The van der Waals surface area contributed by atoms with Crippen molar-refractivity contribution in [3.05, 3.63) is 71.3 Å². The van der Waals surface area contributed by atoms with E-state index in [1.807, 2.05) is 0 Å². The van der Waals surface area contributed by atoms with Gasteiger partial charge in [0.05, 0.1) is 18.2 Å². The van der Waals surface area contributed by atoms with Crippen molar-refractivity contribution in [2.45, 2.75) is 89.0 Å². The second-order valence-corrected chi connectivity index (χ2v) is 10.2. The Balaban J connectivity index is 1.03. The standard InChI is InChI=1S/C29H37NO2/c31-28(27-14-8-20-30(27)21-24-10-2-1-3-11-24)15-7-4-9-23-16-18-29(19-17-23)26-13-6-5-12-25(26)22-32-29/h1-3,5-6,10-13,23,27H,4,7-9,14-22H2/t23?,27-,29?/m1/s1.